The molecule has 144 valence electrons. The molecule has 0 saturated carbocycles. The van der Waals surface area contributed by atoms with Crippen LogP contribution < -0.4 is 5.32 Å². The molecule has 2 amide bonds. The predicted molar refractivity (Wildman–Crippen MR) is 98.6 cm³/mol. The molecule has 1 N–H and O–H groups in total. The maximum Gasteiger partial charge on any atom is 0.410 e. The summed E-state index contributed by atoms with van der Waals surface area (Å²) in [6, 6.07) is 9.52. The van der Waals surface area contributed by atoms with Gasteiger partial charge < -0.3 is 19.5 Å². The van der Waals surface area contributed by atoms with Gasteiger partial charge in [-0.15, -0.1) is 0 Å². The molecule has 3 rings (SSSR count). The van der Waals surface area contributed by atoms with Gasteiger partial charge in [0.15, 0.2) is 0 Å². The van der Waals surface area contributed by atoms with E-state index < -0.39 is 0 Å². The number of hydrogen-bond acceptors (Lipinski definition) is 3. The van der Waals surface area contributed by atoms with Crippen molar-refractivity contribution in [3.05, 3.63) is 59.7 Å². The number of benzene rings is 1. The molecular formula is C20H24FN3O3. The van der Waals surface area contributed by atoms with Gasteiger partial charge in [-0.2, -0.15) is 0 Å². The third kappa shape index (κ3) is 5.09. The van der Waals surface area contributed by atoms with Crippen molar-refractivity contribution in [2.24, 2.45) is 13.0 Å². The highest BCUT2D eigenvalue weighted by molar-refractivity contribution is 5.92. The summed E-state index contributed by atoms with van der Waals surface area (Å²) in [5.41, 5.74) is 1.39. The SMILES string of the molecule is Cn1cccc1C(=O)NCC1CCN(C(=O)OCc2ccc(F)cc2)CC1. The van der Waals surface area contributed by atoms with Crippen LogP contribution in [-0.2, 0) is 18.4 Å². The number of aryl methyl sites for hydroxylation is 1. The van der Waals surface area contributed by atoms with Crippen LogP contribution in [0.5, 0.6) is 0 Å². The minimum absolute atomic E-state index is 0.0800. The number of rotatable bonds is 5. The molecule has 1 saturated heterocycles. The number of piperidine rings is 1. The maximum absolute atomic E-state index is 12.9. The van der Waals surface area contributed by atoms with Gasteiger partial charge in [-0.05, 0) is 48.6 Å². The summed E-state index contributed by atoms with van der Waals surface area (Å²) in [5, 5.41) is 2.97. The smallest absolute Gasteiger partial charge is 0.410 e. The van der Waals surface area contributed by atoms with Gasteiger partial charge in [0, 0.05) is 32.9 Å². The molecule has 6 nitrogen and oxygen atoms in total. The van der Waals surface area contributed by atoms with E-state index in [1.807, 2.05) is 19.3 Å². The van der Waals surface area contributed by atoms with E-state index in [9.17, 15) is 14.0 Å². The topological polar surface area (TPSA) is 63.6 Å². The second-order valence-electron chi connectivity index (χ2n) is 6.83. The van der Waals surface area contributed by atoms with Crippen molar-refractivity contribution in [1.29, 1.82) is 0 Å². The van der Waals surface area contributed by atoms with Crippen LogP contribution in [0.25, 0.3) is 0 Å². The molecule has 7 heteroatoms. The number of aromatic nitrogens is 1. The van der Waals surface area contributed by atoms with Crippen LogP contribution in [0.3, 0.4) is 0 Å². The Morgan fingerprint density at radius 1 is 1.19 bits per heavy atom. The molecule has 0 aliphatic carbocycles. The molecule has 1 aliphatic heterocycles. The van der Waals surface area contributed by atoms with Crippen LogP contribution in [0.1, 0.15) is 28.9 Å². The molecule has 0 radical (unpaired) electrons. The Kier molecular flexibility index (Phi) is 6.11. The highest BCUT2D eigenvalue weighted by atomic mass is 19.1. The van der Waals surface area contributed by atoms with Crippen molar-refractivity contribution in [3.63, 3.8) is 0 Å². The Labute approximate surface area is 157 Å². The summed E-state index contributed by atoms with van der Waals surface area (Å²) in [6.45, 7) is 1.94. The number of nitrogens with one attached hydrogen (secondary N) is 1. The second kappa shape index (κ2) is 8.70. The zero-order valence-corrected chi connectivity index (χ0v) is 15.4. The van der Waals surface area contributed by atoms with E-state index in [-0.39, 0.29) is 24.4 Å². The van der Waals surface area contributed by atoms with Crippen molar-refractivity contribution >= 4 is 12.0 Å². The number of ether oxygens (including phenoxy) is 1. The van der Waals surface area contributed by atoms with Crippen molar-refractivity contribution < 1.29 is 18.7 Å². The number of nitrogens with zero attached hydrogens (tertiary/aromatic N) is 2. The highest BCUT2D eigenvalue weighted by Gasteiger charge is 2.24. The maximum atomic E-state index is 12.9. The van der Waals surface area contributed by atoms with Crippen molar-refractivity contribution in [2.45, 2.75) is 19.4 Å². The molecule has 1 fully saturated rings. The van der Waals surface area contributed by atoms with Gasteiger partial charge in [-0.3, -0.25) is 4.79 Å². The van der Waals surface area contributed by atoms with Crippen molar-refractivity contribution in [2.75, 3.05) is 19.6 Å². The zero-order valence-electron chi connectivity index (χ0n) is 15.4. The summed E-state index contributed by atoms with van der Waals surface area (Å²) in [6.07, 6.45) is 3.12. The Bertz CT molecular complexity index is 780. The first-order valence-corrected chi connectivity index (χ1v) is 9.08. The van der Waals surface area contributed by atoms with Crippen molar-refractivity contribution in [1.82, 2.24) is 14.8 Å². The molecule has 27 heavy (non-hydrogen) atoms. The Balaban J connectivity index is 1.38. The lowest BCUT2D eigenvalue weighted by molar-refractivity contribution is 0.0799. The predicted octanol–water partition coefficient (Wildman–Crippen LogP) is 2.94. The van der Waals surface area contributed by atoms with Crippen LogP contribution in [0.15, 0.2) is 42.6 Å². The molecule has 1 aromatic carbocycles. The monoisotopic (exact) mass is 373 g/mol. The fourth-order valence-electron chi connectivity index (χ4n) is 3.16. The standard InChI is InChI=1S/C20H24FN3O3/c1-23-10-2-3-18(23)19(25)22-13-15-8-11-24(12-9-15)20(26)27-14-16-4-6-17(21)7-5-16/h2-7,10,15H,8-9,11-14H2,1H3,(H,22,25). The fraction of sp³-hybridized carbons (Fsp3) is 0.400. The van der Waals surface area contributed by atoms with Crippen LogP contribution in [0.2, 0.25) is 0 Å². The fourth-order valence-corrected chi connectivity index (χ4v) is 3.16. The first-order valence-electron chi connectivity index (χ1n) is 9.08. The van der Waals surface area contributed by atoms with Gasteiger partial charge in [0.2, 0.25) is 0 Å². The van der Waals surface area contributed by atoms with E-state index in [2.05, 4.69) is 5.32 Å². The summed E-state index contributed by atoms with van der Waals surface area (Å²) < 4.78 is 20.0. The van der Waals surface area contributed by atoms with Crippen molar-refractivity contribution in [3.8, 4) is 0 Å². The van der Waals surface area contributed by atoms with Gasteiger partial charge in [0.05, 0.1) is 0 Å². The van der Waals surface area contributed by atoms with Crippen LogP contribution in [-0.4, -0.2) is 41.1 Å². The lowest BCUT2D eigenvalue weighted by atomic mass is 9.97. The summed E-state index contributed by atoms with van der Waals surface area (Å²) in [4.78, 5) is 26.0. The van der Waals surface area contributed by atoms with E-state index in [0.29, 0.717) is 31.2 Å². The first-order chi connectivity index (χ1) is 13.0. The largest absolute Gasteiger partial charge is 0.445 e. The molecular weight excluding hydrogens is 349 g/mol. The first kappa shape index (κ1) is 18.9. The van der Waals surface area contributed by atoms with E-state index in [4.69, 9.17) is 4.74 Å². The van der Waals surface area contributed by atoms with Crippen LogP contribution >= 0.6 is 0 Å². The average Bonchev–Trinajstić information content (AvgIpc) is 3.12. The number of halogens is 1. The van der Waals surface area contributed by atoms with E-state index in [1.54, 1.807) is 27.7 Å². The molecule has 2 aromatic rings. The third-order valence-corrected chi connectivity index (χ3v) is 4.88. The summed E-state index contributed by atoms with van der Waals surface area (Å²) in [7, 11) is 1.84. The van der Waals surface area contributed by atoms with Gasteiger partial charge in [-0.1, -0.05) is 12.1 Å². The lowest BCUT2D eigenvalue weighted by Crippen LogP contribution is -2.41. The molecule has 0 atom stereocenters. The molecule has 0 unspecified atom stereocenters. The number of carbonyl (C=O) groups excluding carboxylic acids is 2. The third-order valence-electron chi connectivity index (χ3n) is 4.88. The van der Waals surface area contributed by atoms with Crippen LogP contribution in [0.4, 0.5) is 9.18 Å². The minimum atomic E-state index is -0.356. The number of amides is 2. The normalized spacial score (nSPS) is 14.8. The Morgan fingerprint density at radius 2 is 1.89 bits per heavy atom. The molecule has 0 bridgehead atoms. The number of hydrogen-bond donors (Lipinski definition) is 1. The summed E-state index contributed by atoms with van der Waals surface area (Å²) in [5.74, 6) is -0.0506. The number of likely N-dealkylation sites (tertiary alicyclic amines) is 1. The zero-order chi connectivity index (χ0) is 19.2. The Morgan fingerprint density at radius 3 is 2.52 bits per heavy atom. The van der Waals surface area contributed by atoms with Gasteiger partial charge >= 0.3 is 6.09 Å². The highest BCUT2D eigenvalue weighted by Crippen LogP contribution is 2.18. The van der Waals surface area contributed by atoms with Crippen LogP contribution in [0, 0.1) is 11.7 Å². The summed E-state index contributed by atoms with van der Waals surface area (Å²) >= 11 is 0. The lowest BCUT2D eigenvalue weighted by Gasteiger charge is -2.31. The van der Waals surface area contributed by atoms with E-state index >= 15 is 0 Å². The molecule has 1 aliphatic rings. The van der Waals surface area contributed by atoms with Gasteiger partial charge in [-0.25, -0.2) is 9.18 Å². The van der Waals surface area contributed by atoms with Gasteiger partial charge in [0.1, 0.15) is 18.1 Å². The van der Waals surface area contributed by atoms with E-state index in [1.165, 1.54) is 12.1 Å². The van der Waals surface area contributed by atoms with Gasteiger partial charge in [0.25, 0.3) is 5.91 Å². The Hall–Kier alpha value is -2.83. The molecule has 2 heterocycles. The second-order valence-corrected chi connectivity index (χ2v) is 6.83. The number of carbonyl (C=O) groups is 2. The molecule has 1 aromatic heterocycles. The minimum Gasteiger partial charge on any atom is -0.445 e. The quantitative estimate of drug-likeness (QED) is 0.876. The molecule has 0 spiro atoms. The van der Waals surface area contributed by atoms with E-state index in [0.717, 1.165) is 18.4 Å². The average molecular weight is 373 g/mol.